The van der Waals surface area contributed by atoms with Gasteiger partial charge < -0.3 is 10.6 Å². The van der Waals surface area contributed by atoms with Gasteiger partial charge in [-0.25, -0.2) is 17.6 Å². The average Bonchev–Trinajstić information content (AvgIpc) is 2.26. The van der Waals surface area contributed by atoms with Crippen LogP contribution in [0.4, 0.5) is 9.18 Å². The van der Waals surface area contributed by atoms with Gasteiger partial charge in [0.15, 0.2) is 9.84 Å². The Labute approximate surface area is 118 Å². The number of amides is 2. The molecule has 1 aromatic carbocycles. The van der Waals surface area contributed by atoms with Crippen LogP contribution in [0.1, 0.15) is 20.8 Å². The van der Waals surface area contributed by atoms with Gasteiger partial charge in [-0.2, -0.15) is 0 Å². The molecular weight excluding hydrogens is 283 g/mol. The zero-order chi connectivity index (χ0) is 15.4. The number of halogens is 1. The Bertz CT molecular complexity index is 580. The predicted octanol–water partition coefficient (Wildman–Crippen LogP) is 1.70. The Morgan fingerprint density at radius 3 is 2.40 bits per heavy atom. The Balaban J connectivity index is 2.58. The van der Waals surface area contributed by atoms with Crippen molar-refractivity contribution < 1.29 is 17.6 Å². The molecule has 112 valence electrons. The van der Waals surface area contributed by atoms with Crippen LogP contribution >= 0.6 is 0 Å². The van der Waals surface area contributed by atoms with Gasteiger partial charge in [0.05, 0.1) is 5.75 Å². The van der Waals surface area contributed by atoms with Crippen LogP contribution in [0.5, 0.6) is 0 Å². The third-order valence-corrected chi connectivity index (χ3v) is 4.06. The number of benzene rings is 1. The molecule has 0 bridgehead atoms. The first kappa shape index (κ1) is 16.4. The quantitative estimate of drug-likeness (QED) is 0.889. The molecule has 20 heavy (non-hydrogen) atoms. The van der Waals surface area contributed by atoms with E-state index >= 15 is 0 Å². The SMILES string of the molecule is CC(C)(C)NC(=O)NCCS(=O)(=O)c1ccccc1F. The van der Waals surface area contributed by atoms with E-state index in [2.05, 4.69) is 10.6 Å². The predicted molar refractivity (Wildman–Crippen MR) is 74.7 cm³/mol. The van der Waals surface area contributed by atoms with Gasteiger partial charge in [0, 0.05) is 12.1 Å². The first-order valence-corrected chi connectivity index (χ1v) is 7.80. The Morgan fingerprint density at radius 2 is 1.85 bits per heavy atom. The second kappa shape index (κ2) is 6.21. The van der Waals surface area contributed by atoms with E-state index in [0.29, 0.717) is 0 Å². The smallest absolute Gasteiger partial charge is 0.315 e. The number of carbonyl (C=O) groups excluding carboxylic acids is 1. The van der Waals surface area contributed by atoms with Gasteiger partial charge in [0.2, 0.25) is 0 Å². The molecule has 0 aromatic heterocycles. The Kier molecular flexibility index (Phi) is 5.10. The molecule has 0 aliphatic rings. The molecule has 1 rings (SSSR count). The fourth-order valence-electron chi connectivity index (χ4n) is 1.49. The van der Waals surface area contributed by atoms with Crippen LogP contribution in [0.3, 0.4) is 0 Å². The number of sulfone groups is 1. The van der Waals surface area contributed by atoms with Crippen LogP contribution in [0.25, 0.3) is 0 Å². The first-order chi connectivity index (χ1) is 9.12. The lowest BCUT2D eigenvalue weighted by atomic mass is 10.1. The van der Waals surface area contributed by atoms with Crippen molar-refractivity contribution in [2.75, 3.05) is 12.3 Å². The molecule has 0 fully saturated rings. The van der Waals surface area contributed by atoms with Crippen LogP contribution in [0, 0.1) is 5.82 Å². The van der Waals surface area contributed by atoms with Crippen LogP contribution in [-0.2, 0) is 9.84 Å². The normalized spacial score (nSPS) is 12.0. The molecule has 0 radical (unpaired) electrons. The summed E-state index contributed by atoms with van der Waals surface area (Å²) in [7, 11) is -3.75. The Hall–Kier alpha value is -1.63. The molecule has 0 atom stereocenters. The van der Waals surface area contributed by atoms with E-state index in [9.17, 15) is 17.6 Å². The summed E-state index contributed by atoms with van der Waals surface area (Å²) in [5.41, 5.74) is -0.408. The second-order valence-electron chi connectivity index (χ2n) is 5.38. The maximum absolute atomic E-state index is 13.4. The highest BCUT2D eigenvalue weighted by molar-refractivity contribution is 7.91. The molecule has 1 aromatic rings. The minimum absolute atomic E-state index is 0.0847. The molecular formula is C13H19FN2O3S. The highest BCUT2D eigenvalue weighted by Crippen LogP contribution is 2.14. The highest BCUT2D eigenvalue weighted by Gasteiger charge is 2.19. The van der Waals surface area contributed by atoms with Gasteiger partial charge in [-0.05, 0) is 32.9 Å². The van der Waals surface area contributed by atoms with Crippen molar-refractivity contribution in [3.05, 3.63) is 30.1 Å². The van der Waals surface area contributed by atoms with Crippen molar-refractivity contribution in [3.8, 4) is 0 Å². The van der Waals surface area contributed by atoms with Gasteiger partial charge in [-0.1, -0.05) is 12.1 Å². The molecule has 0 saturated heterocycles. The van der Waals surface area contributed by atoms with E-state index in [1.807, 2.05) is 20.8 Å². The molecule has 0 aliphatic carbocycles. The third-order valence-electron chi connectivity index (χ3n) is 2.32. The number of nitrogens with one attached hydrogen (secondary N) is 2. The van der Waals surface area contributed by atoms with Crippen molar-refractivity contribution in [1.82, 2.24) is 10.6 Å². The summed E-state index contributed by atoms with van der Waals surface area (Å²) in [6.07, 6.45) is 0. The third kappa shape index (κ3) is 5.16. The summed E-state index contributed by atoms with van der Waals surface area (Å²) >= 11 is 0. The summed E-state index contributed by atoms with van der Waals surface area (Å²) in [5.74, 6) is -1.14. The van der Waals surface area contributed by atoms with Crippen LogP contribution in [-0.4, -0.2) is 32.3 Å². The fourth-order valence-corrected chi connectivity index (χ4v) is 2.73. The lowest BCUT2D eigenvalue weighted by Gasteiger charge is -2.20. The number of carbonyl (C=O) groups is 1. The zero-order valence-electron chi connectivity index (χ0n) is 11.7. The number of rotatable bonds is 4. The van der Waals surface area contributed by atoms with E-state index in [1.165, 1.54) is 18.2 Å². The number of hydrogen-bond acceptors (Lipinski definition) is 3. The van der Waals surface area contributed by atoms with Crippen molar-refractivity contribution in [3.63, 3.8) is 0 Å². The number of urea groups is 1. The van der Waals surface area contributed by atoms with Crippen molar-refractivity contribution in [1.29, 1.82) is 0 Å². The molecule has 5 nitrogen and oxygen atoms in total. The van der Waals surface area contributed by atoms with E-state index in [4.69, 9.17) is 0 Å². The molecule has 7 heteroatoms. The first-order valence-electron chi connectivity index (χ1n) is 6.15. The maximum atomic E-state index is 13.4. The summed E-state index contributed by atoms with van der Waals surface area (Å²) in [6.45, 7) is 5.34. The van der Waals surface area contributed by atoms with Gasteiger partial charge in [0.1, 0.15) is 10.7 Å². The molecule has 0 spiro atoms. The monoisotopic (exact) mass is 302 g/mol. The van der Waals surface area contributed by atoms with Crippen molar-refractivity contribution in [2.24, 2.45) is 0 Å². The van der Waals surface area contributed by atoms with Crippen LogP contribution in [0.15, 0.2) is 29.2 Å². The average molecular weight is 302 g/mol. The summed E-state index contributed by atoms with van der Waals surface area (Å²) in [4.78, 5) is 11.1. The van der Waals surface area contributed by atoms with Gasteiger partial charge >= 0.3 is 6.03 Å². The molecule has 0 unspecified atom stereocenters. The standard InChI is InChI=1S/C13H19FN2O3S/c1-13(2,3)16-12(17)15-8-9-20(18,19)11-7-5-4-6-10(11)14/h4-7H,8-9H2,1-3H3,(H2,15,16,17). The Morgan fingerprint density at radius 1 is 1.25 bits per heavy atom. The molecule has 0 heterocycles. The maximum Gasteiger partial charge on any atom is 0.315 e. The van der Waals surface area contributed by atoms with E-state index in [1.54, 1.807) is 0 Å². The lowest BCUT2D eigenvalue weighted by molar-refractivity contribution is 0.232. The van der Waals surface area contributed by atoms with Gasteiger partial charge in [-0.15, -0.1) is 0 Å². The second-order valence-corrected chi connectivity index (χ2v) is 7.46. The largest absolute Gasteiger partial charge is 0.337 e. The molecule has 0 aliphatic heterocycles. The van der Waals surface area contributed by atoms with Crippen LogP contribution in [0.2, 0.25) is 0 Å². The summed E-state index contributed by atoms with van der Waals surface area (Å²) in [6, 6.07) is 4.72. The van der Waals surface area contributed by atoms with Crippen molar-refractivity contribution >= 4 is 15.9 Å². The lowest BCUT2D eigenvalue weighted by Crippen LogP contribution is -2.47. The van der Waals surface area contributed by atoms with Gasteiger partial charge in [0.25, 0.3) is 0 Å². The molecule has 2 amide bonds. The minimum Gasteiger partial charge on any atom is -0.337 e. The van der Waals surface area contributed by atoms with Crippen molar-refractivity contribution in [2.45, 2.75) is 31.2 Å². The number of hydrogen-bond donors (Lipinski definition) is 2. The van der Waals surface area contributed by atoms with E-state index in [0.717, 1.165) is 6.07 Å². The van der Waals surface area contributed by atoms with E-state index < -0.39 is 27.2 Å². The minimum atomic E-state index is -3.75. The molecule has 2 N–H and O–H groups in total. The highest BCUT2D eigenvalue weighted by atomic mass is 32.2. The van der Waals surface area contributed by atoms with Crippen LogP contribution < -0.4 is 10.6 Å². The fraction of sp³-hybridized carbons (Fsp3) is 0.462. The van der Waals surface area contributed by atoms with Gasteiger partial charge in [-0.3, -0.25) is 0 Å². The zero-order valence-corrected chi connectivity index (χ0v) is 12.6. The topological polar surface area (TPSA) is 75.3 Å². The molecule has 0 saturated carbocycles. The van der Waals surface area contributed by atoms with E-state index in [-0.39, 0.29) is 17.2 Å². The summed E-state index contributed by atoms with van der Waals surface area (Å²) < 4.78 is 37.2. The summed E-state index contributed by atoms with van der Waals surface area (Å²) in [5, 5.41) is 5.07.